The Balaban J connectivity index is 2.30. The summed E-state index contributed by atoms with van der Waals surface area (Å²) < 4.78 is 0. The zero-order chi connectivity index (χ0) is 5.98. The SMILES string of the molecule is [CH2]CN1CCCC1C. The van der Waals surface area contributed by atoms with Gasteiger partial charge in [0.05, 0.1) is 0 Å². The highest BCUT2D eigenvalue weighted by Gasteiger charge is 2.17. The van der Waals surface area contributed by atoms with E-state index in [9.17, 15) is 0 Å². The lowest BCUT2D eigenvalue weighted by Gasteiger charge is -2.17. The number of rotatable bonds is 1. The third kappa shape index (κ3) is 1.03. The largest absolute Gasteiger partial charge is 0.301 e. The summed E-state index contributed by atoms with van der Waals surface area (Å²) in [7, 11) is 0. The molecule has 1 unspecified atom stereocenters. The minimum atomic E-state index is 0.799. The minimum Gasteiger partial charge on any atom is -0.301 e. The fourth-order valence-corrected chi connectivity index (χ4v) is 1.32. The zero-order valence-electron chi connectivity index (χ0n) is 5.56. The molecule has 1 saturated heterocycles. The summed E-state index contributed by atoms with van der Waals surface area (Å²) in [6.45, 7) is 8.38. The van der Waals surface area contributed by atoms with Gasteiger partial charge in [0.1, 0.15) is 0 Å². The number of likely N-dealkylation sites (tertiary alicyclic amines) is 1. The molecule has 1 rings (SSSR count). The van der Waals surface area contributed by atoms with Crippen molar-refractivity contribution in [3.63, 3.8) is 0 Å². The smallest absolute Gasteiger partial charge is 0.00674 e. The van der Waals surface area contributed by atoms with Crippen molar-refractivity contribution in [2.45, 2.75) is 25.8 Å². The van der Waals surface area contributed by atoms with Crippen LogP contribution in [0.25, 0.3) is 0 Å². The molecule has 0 aliphatic carbocycles. The molecule has 8 heavy (non-hydrogen) atoms. The molecule has 47 valence electrons. The summed E-state index contributed by atoms with van der Waals surface area (Å²) in [6, 6.07) is 0.799. The molecule has 0 spiro atoms. The molecule has 1 heteroatoms. The van der Waals surface area contributed by atoms with Gasteiger partial charge in [0.25, 0.3) is 0 Å². The fourth-order valence-electron chi connectivity index (χ4n) is 1.32. The van der Waals surface area contributed by atoms with Crippen LogP contribution < -0.4 is 0 Å². The average Bonchev–Trinajstić information content (AvgIpc) is 2.14. The molecule has 1 nitrogen and oxygen atoms in total. The van der Waals surface area contributed by atoms with Gasteiger partial charge in [-0.05, 0) is 39.8 Å². The van der Waals surface area contributed by atoms with Crippen molar-refractivity contribution in [1.82, 2.24) is 4.90 Å². The highest BCUT2D eigenvalue weighted by atomic mass is 15.2. The summed E-state index contributed by atoms with van der Waals surface area (Å²) >= 11 is 0. The summed E-state index contributed by atoms with van der Waals surface area (Å²) in [5.41, 5.74) is 0. The van der Waals surface area contributed by atoms with Crippen LogP contribution in [0.1, 0.15) is 19.8 Å². The van der Waals surface area contributed by atoms with Crippen LogP contribution >= 0.6 is 0 Å². The maximum Gasteiger partial charge on any atom is 0.00674 e. The second-order valence-electron chi connectivity index (χ2n) is 2.53. The first-order valence-corrected chi connectivity index (χ1v) is 3.38. The van der Waals surface area contributed by atoms with Crippen LogP contribution in [0.3, 0.4) is 0 Å². The molecule has 1 aliphatic heterocycles. The van der Waals surface area contributed by atoms with Crippen LogP contribution in [0.5, 0.6) is 0 Å². The van der Waals surface area contributed by atoms with Gasteiger partial charge in [-0.25, -0.2) is 0 Å². The van der Waals surface area contributed by atoms with E-state index in [2.05, 4.69) is 18.7 Å². The Morgan fingerprint density at radius 1 is 1.75 bits per heavy atom. The molecule has 0 bridgehead atoms. The molecule has 1 radical (unpaired) electrons. The molecule has 1 aliphatic rings. The maximum atomic E-state index is 3.84. The lowest BCUT2D eigenvalue weighted by Crippen LogP contribution is -2.26. The molecule has 1 fully saturated rings. The van der Waals surface area contributed by atoms with E-state index < -0.39 is 0 Å². The van der Waals surface area contributed by atoms with Crippen LogP contribution in [0.4, 0.5) is 0 Å². The van der Waals surface area contributed by atoms with Gasteiger partial charge in [0, 0.05) is 6.04 Å². The molecule has 0 aromatic rings. The summed E-state index contributed by atoms with van der Waals surface area (Å²) in [5.74, 6) is 0. The quantitative estimate of drug-likeness (QED) is 0.494. The lowest BCUT2D eigenvalue weighted by atomic mass is 10.2. The van der Waals surface area contributed by atoms with E-state index in [0.29, 0.717) is 0 Å². The number of hydrogen-bond acceptors (Lipinski definition) is 1. The van der Waals surface area contributed by atoms with Gasteiger partial charge in [-0.3, -0.25) is 0 Å². The third-order valence-electron chi connectivity index (χ3n) is 1.98. The van der Waals surface area contributed by atoms with E-state index in [0.717, 1.165) is 12.6 Å². The van der Waals surface area contributed by atoms with Crippen molar-refractivity contribution < 1.29 is 0 Å². The summed E-state index contributed by atoms with van der Waals surface area (Å²) in [6.07, 6.45) is 2.74. The van der Waals surface area contributed by atoms with Gasteiger partial charge >= 0.3 is 0 Å². The predicted molar refractivity (Wildman–Crippen MR) is 35.6 cm³/mol. The summed E-state index contributed by atoms with van der Waals surface area (Å²) in [4.78, 5) is 2.42. The first kappa shape index (κ1) is 6.09. The van der Waals surface area contributed by atoms with Gasteiger partial charge in [-0.15, -0.1) is 0 Å². The molecular formula is C7H14N. The zero-order valence-corrected chi connectivity index (χ0v) is 5.56. The number of nitrogens with zero attached hydrogens (tertiary/aromatic N) is 1. The van der Waals surface area contributed by atoms with E-state index in [-0.39, 0.29) is 0 Å². The van der Waals surface area contributed by atoms with E-state index in [1.54, 1.807) is 0 Å². The van der Waals surface area contributed by atoms with Crippen molar-refractivity contribution in [3.05, 3.63) is 6.92 Å². The van der Waals surface area contributed by atoms with Gasteiger partial charge in [-0.2, -0.15) is 0 Å². The molecule has 0 aromatic heterocycles. The van der Waals surface area contributed by atoms with Crippen molar-refractivity contribution >= 4 is 0 Å². The van der Waals surface area contributed by atoms with E-state index in [4.69, 9.17) is 0 Å². The van der Waals surface area contributed by atoms with Gasteiger partial charge in [0.2, 0.25) is 0 Å². The van der Waals surface area contributed by atoms with Gasteiger partial charge < -0.3 is 4.90 Å². The highest BCUT2D eigenvalue weighted by Crippen LogP contribution is 2.14. The lowest BCUT2D eigenvalue weighted by molar-refractivity contribution is 0.297. The van der Waals surface area contributed by atoms with Crippen LogP contribution in [0, 0.1) is 6.92 Å². The van der Waals surface area contributed by atoms with Crippen LogP contribution in [-0.4, -0.2) is 24.0 Å². The molecule has 0 N–H and O–H groups in total. The Morgan fingerprint density at radius 2 is 2.50 bits per heavy atom. The number of hydrogen-bond donors (Lipinski definition) is 0. The third-order valence-corrected chi connectivity index (χ3v) is 1.98. The maximum absolute atomic E-state index is 3.84. The summed E-state index contributed by atoms with van der Waals surface area (Å²) in [5, 5.41) is 0. The standard InChI is InChI=1S/C7H14N/c1-3-8-6-4-5-7(8)2/h7H,1,3-6H2,2H3. The van der Waals surface area contributed by atoms with Crippen molar-refractivity contribution in [2.75, 3.05) is 13.1 Å². The van der Waals surface area contributed by atoms with Crippen LogP contribution in [0.15, 0.2) is 0 Å². The normalized spacial score (nSPS) is 31.5. The van der Waals surface area contributed by atoms with Crippen molar-refractivity contribution in [1.29, 1.82) is 0 Å². The van der Waals surface area contributed by atoms with Crippen molar-refractivity contribution in [2.24, 2.45) is 0 Å². The second kappa shape index (κ2) is 2.49. The monoisotopic (exact) mass is 112 g/mol. The molecule has 0 saturated carbocycles. The fraction of sp³-hybridized carbons (Fsp3) is 0.857. The van der Waals surface area contributed by atoms with Crippen molar-refractivity contribution in [3.8, 4) is 0 Å². The van der Waals surface area contributed by atoms with E-state index in [1.165, 1.54) is 19.4 Å². The topological polar surface area (TPSA) is 3.24 Å². The van der Waals surface area contributed by atoms with Crippen LogP contribution in [-0.2, 0) is 0 Å². The Bertz CT molecular complexity index is 70.8. The van der Waals surface area contributed by atoms with Gasteiger partial charge in [0.15, 0.2) is 0 Å². The molecule has 1 heterocycles. The minimum absolute atomic E-state index is 0.799. The second-order valence-corrected chi connectivity index (χ2v) is 2.53. The molecule has 1 atom stereocenters. The Hall–Kier alpha value is -0.0400. The Kier molecular flexibility index (Phi) is 1.90. The average molecular weight is 112 g/mol. The molecular weight excluding hydrogens is 98.1 g/mol. The van der Waals surface area contributed by atoms with Crippen LogP contribution in [0.2, 0.25) is 0 Å². The highest BCUT2D eigenvalue weighted by molar-refractivity contribution is 4.74. The van der Waals surface area contributed by atoms with E-state index >= 15 is 0 Å². The Morgan fingerprint density at radius 3 is 2.75 bits per heavy atom. The molecule has 0 amide bonds. The first-order valence-electron chi connectivity index (χ1n) is 3.38. The van der Waals surface area contributed by atoms with Gasteiger partial charge in [-0.1, -0.05) is 0 Å². The predicted octanol–water partition coefficient (Wildman–Crippen LogP) is 1.30. The first-order chi connectivity index (χ1) is 3.84. The molecule has 0 aromatic carbocycles. The Labute approximate surface area is 51.7 Å². The van der Waals surface area contributed by atoms with E-state index in [1.807, 2.05) is 0 Å².